The van der Waals surface area contributed by atoms with E-state index in [9.17, 15) is 4.79 Å². The highest BCUT2D eigenvalue weighted by atomic mass is 35.5. The van der Waals surface area contributed by atoms with Crippen molar-refractivity contribution in [3.8, 4) is 11.6 Å². The van der Waals surface area contributed by atoms with Crippen molar-refractivity contribution < 1.29 is 18.5 Å². The first-order valence-electron chi connectivity index (χ1n) is 11.0. The van der Waals surface area contributed by atoms with E-state index in [1.165, 1.54) is 12.7 Å². The molecule has 7 heteroatoms. The van der Waals surface area contributed by atoms with Crippen molar-refractivity contribution in [3.63, 3.8) is 0 Å². The van der Waals surface area contributed by atoms with Gasteiger partial charge < -0.3 is 13.7 Å². The molecule has 31 heavy (non-hydrogen) atoms. The van der Waals surface area contributed by atoms with Crippen molar-refractivity contribution in [1.29, 1.82) is 0 Å². The molecule has 0 bridgehead atoms. The van der Waals surface area contributed by atoms with Crippen LogP contribution in [0.4, 0.5) is 0 Å². The van der Waals surface area contributed by atoms with E-state index >= 15 is 0 Å². The molecule has 4 atom stereocenters. The smallest absolute Gasteiger partial charge is 0.311 e. The Kier molecular flexibility index (Phi) is 6.03. The molecule has 0 amide bonds. The van der Waals surface area contributed by atoms with Crippen LogP contribution in [0, 0.1) is 22.7 Å². The molecular formula is C24H31ClN2O4. The number of furan rings is 1. The molecule has 2 aromatic rings. The number of halogens is 1. The van der Waals surface area contributed by atoms with Crippen LogP contribution in [0.15, 0.2) is 33.4 Å². The van der Waals surface area contributed by atoms with Crippen molar-refractivity contribution in [3.05, 3.63) is 35.9 Å². The monoisotopic (exact) mass is 446 g/mol. The average Bonchev–Trinajstić information content (AvgIpc) is 3.41. The van der Waals surface area contributed by atoms with E-state index in [0.29, 0.717) is 29.3 Å². The molecule has 2 fully saturated rings. The Balaban J connectivity index is 1.57. The number of carbonyl (C=O) groups excluding carboxylic acids is 1. The summed E-state index contributed by atoms with van der Waals surface area (Å²) in [5, 5.41) is 3.99. The number of nitrogens with zero attached hydrogens (tertiary/aromatic N) is 2. The molecule has 6 nitrogen and oxygen atoms in total. The lowest BCUT2D eigenvalue weighted by molar-refractivity contribution is -0.168. The fourth-order valence-electron chi connectivity index (χ4n) is 6.39. The molecule has 2 aliphatic rings. The molecule has 168 valence electrons. The maximum absolute atomic E-state index is 12.8. The summed E-state index contributed by atoms with van der Waals surface area (Å²) in [4.78, 5) is 17.1. The molecule has 2 saturated carbocycles. The molecule has 0 aliphatic heterocycles. The number of alkyl halides is 1. The van der Waals surface area contributed by atoms with Gasteiger partial charge in [0.2, 0.25) is 11.7 Å². The summed E-state index contributed by atoms with van der Waals surface area (Å²) in [5.74, 6) is 2.16. The number of fused-ring (bicyclic) bond motifs is 1. The lowest BCUT2D eigenvalue weighted by Gasteiger charge is -2.57. The van der Waals surface area contributed by atoms with Crippen LogP contribution >= 0.6 is 11.6 Å². The van der Waals surface area contributed by atoms with E-state index in [4.69, 9.17) is 25.3 Å². The Hall–Kier alpha value is -2.08. The third-order valence-electron chi connectivity index (χ3n) is 7.91. The number of aryl methyl sites for hydroxylation is 1. The number of methoxy groups -OCH3 is 1. The Labute approximate surface area is 188 Å². The summed E-state index contributed by atoms with van der Waals surface area (Å²) in [6.45, 7) is 8.90. The Morgan fingerprint density at radius 2 is 2.19 bits per heavy atom. The van der Waals surface area contributed by atoms with Crippen molar-refractivity contribution in [2.75, 3.05) is 7.11 Å². The van der Waals surface area contributed by atoms with E-state index in [1.807, 2.05) is 6.07 Å². The Morgan fingerprint density at radius 3 is 2.90 bits per heavy atom. The zero-order valence-corrected chi connectivity index (χ0v) is 19.3. The van der Waals surface area contributed by atoms with E-state index < -0.39 is 5.41 Å². The number of carbonyl (C=O) groups is 1. The minimum absolute atomic E-state index is 0.0261. The van der Waals surface area contributed by atoms with Gasteiger partial charge in [0, 0.05) is 5.56 Å². The normalized spacial score (nSPS) is 30.8. The number of esters is 1. The second kappa shape index (κ2) is 8.45. The van der Waals surface area contributed by atoms with Gasteiger partial charge in [-0.05, 0) is 68.8 Å². The van der Waals surface area contributed by atoms with Crippen molar-refractivity contribution >= 4 is 17.6 Å². The second-order valence-electron chi connectivity index (χ2n) is 9.53. The predicted molar refractivity (Wildman–Crippen MR) is 117 cm³/mol. The van der Waals surface area contributed by atoms with Gasteiger partial charge >= 0.3 is 5.97 Å². The van der Waals surface area contributed by atoms with E-state index in [2.05, 4.69) is 30.6 Å². The van der Waals surface area contributed by atoms with Gasteiger partial charge in [0.25, 0.3) is 0 Å². The number of hydrogen-bond acceptors (Lipinski definition) is 6. The number of rotatable bonds is 6. The third kappa shape index (κ3) is 3.73. The van der Waals surface area contributed by atoms with E-state index in [-0.39, 0.29) is 17.3 Å². The molecule has 0 aromatic carbocycles. The molecule has 0 saturated heterocycles. The van der Waals surface area contributed by atoms with Gasteiger partial charge in [-0.1, -0.05) is 30.7 Å². The van der Waals surface area contributed by atoms with Gasteiger partial charge in [-0.3, -0.25) is 4.79 Å². The van der Waals surface area contributed by atoms with Gasteiger partial charge in [-0.2, -0.15) is 4.98 Å². The first kappa shape index (κ1) is 22.1. The summed E-state index contributed by atoms with van der Waals surface area (Å²) in [7, 11) is 1.51. The van der Waals surface area contributed by atoms with Crippen LogP contribution in [-0.2, 0) is 21.8 Å². The molecule has 0 spiro atoms. The molecule has 0 N–H and O–H groups in total. The van der Waals surface area contributed by atoms with Gasteiger partial charge in [0.1, 0.15) is 5.88 Å². The first-order valence-corrected chi connectivity index (χ1v) is 11.6. The highest BCUT2D eigenvalue weighted by Crippen LogP contribution is 2.62. The fourth-order valence-corrected chi connectivity index (χ4v) is 6.50. The Bertz CT molecular complexity index is 966. The minimum atomic E-state index is -0.426. The Morgan fingerprint density at radius 1 is 1.39 bits per heavy atom. The molecule has 4 rings (SSSR count). The summed E-state index contributed by atoms with van der Waals surface area (Å²) < 4.78 is 16.0. The highest BCUT2D eigenvalue weighted by molar-refractivity contribution is 6.16. The number of aromatic nitrogens is 2. The van der Waals surface area contributed by atoms with Crippen LogP contribution in [-0.4, -0.2) is 23.2 Å². The number of hydrogen-bond donors (Lipinski definition) is 0. The average molecular weight is 447 g/mol. The van der Waals surface area contributed by atoms with Gasteiger partial charge in [0.05, 0.1) is 18.8 Å². The van der Waals surface area contributed by atoms with Crippen LogP contribution in [0.2, 0.25) is 0 Å². The molecule has 0 unspecified atom stereocenters. The third-order valence-corrected chi connectivity index (χ3v) is 8.13. The predicted octanol–water partition coefficient (Wildman–Crippen LogP) is 5.95. The van der Waals surface area contributed by atoms with E-state index in [0.717, 1.165) is 50.5 Å². The lowest BCUT2D eigenvalue weighted by Crippen LogP contribution is -2.53. The molecular weight excluding hydrogens is 416 g/mol. The summed E-state index contributed by atoms with van der Waals surface area (Å²) in [6.07, 6.45) is 8.41. The van der Waals surface area contributed by atoms with Gasteiger partial charge in [0.15, 0.2) is 5.76 Å². The molecule has 2 aromatic heterocycles. The van der Waals surface area contributed by atoms with Crippen LogP contribution in [0.1, 0.15) is 63.8 Å². The molecule has 2 heterocycles. The topological polar surface area (TPSA) is 78.4 Å². The van der Waals surface area contributed by atoms with Crippen LogP contribution in [0.5, 0.6) is 0 Å². The largest absolute Gasteiger partial charge is 0.469 e. The highest BCUT2D eigenvalue weighted by Gasteiger charge is 2.57. The molecule has 0 radical (unpaired) electrons. The van der Waals surface area contributed by atoms with Crippen LogP contribution < -0.4 is 0 Å². The van der Waals surface area contributed by atoms with Crippen molar-refractivity contribution in [1.82, 2.24) is 10.1 Å². The summed E-state index contributed by atoms with van der Waals surface area (Å²) in [5.41, 5.74) is 1.94. The van der Waals surface area contributed by atoms with Crippen molar-refractivity contribution in [2.24, 2.45) is 22.7 Å². The zero-order chi connectivity index (χ0) is 22.2. The maximum Gasteiger partial charge on any atom is 0.311 e. The number of ether oxygens (including phenoxy) is 1. The van der Waals surface area contributed by atoms with Crippen molar-refractivity contribution in [2.45, 2.75) is 64.7 Å². The number of allylic oxidation sites excluding steroid dienone is 1. The maximum atomic E-state index is 12.8. The summed E-state index contributed by atoms with van der Waals surface area (Å²) >= 11 is 5.79. The standard InChI is InChI=1S/C24H31ClN2O4/c1-15-6-9-18-23(2,11-5-12-24(18,3)22(28)29-4)17(15)8-7-16-10-13-30-20(16)21-26-19(14-25)31-27-21/h10,13,17-18H,1,5-9,11-12,14H2,2-4H3/t17-,18+,23+,24-/m0/s1. The lowest BCUT2D eigenvalue weighted by atomic mass is 9.46. The van der Waals surface area contributed by atoms with Crippen LogP contribution in [0.3, 0.4) is 0 Å². The first-order chi connectivity index (χ1) is 14.8. The van der Waals surface area contributed by atoms with Gasteiger partial charge in [-0.25, -0.2) is 0 Å². The SMILES string of the molecule is C=C1CC[C@@H]2[C@](C)(CCC[C@]2(C)C(=O)OC)[C@H]1CCc1ccoc1-c1noc(CCl)n1. The quantitative estimate of drug-likeness (QED) is 0.310. The zero-order valence-electron chi connectivity index (χ0n) is 18.6. The second-order valence-corrected chi connectivity index (χ2v) is 9.80. The molecule has 2 aliphatic carbocycles. The summed E-state index contributed by atoms with van der Waals surface area (Å²) in [6, 6.07) is 1.97. The van der Waals surface area contributed by atoms with Gasteiger partial charge in [-0.15, -0.1) is 11.6 Å². The minimum Gasteiger partial charge on any atom is -0.469 e. The van der Waals surface area contributed by atoms with Crippen LogP contribution in [0.25, 0.3) is 11.6 Å². The van der Waals surface area contributed by atoms with E-state index in [1.54, 1.807) is 6.26 Å². The fraction of sp³-hybridized carbons (Fsp3) is 0.625.